The number of benzene rings is 2. The number of rotatable bonds is 5. The highest BCUT2D eigenvalue weighted by atomic mass is 32.1. The summed E-state index contributed by atoms with van der Waals surface area (Å²) < 4.78 is 6.89. The van der Waals surface area contributed by atoms with Crippen molar-refractivity contribution in [2.75, 3.05) is 38.5 Å². The number of hydrogen-bond donors (Lipinski definition) is 1. The second-order valence-corrected chi connectivity index (χ2v) is 8.91. The number of carbonyl (C=O) groups excluding carboxylic acids is 1. The van der Waals surface area contributed by atoms with Crippen LogP contribution >= 0.6 is 11.3 Å². The maximum absolute atomic E-state index is 12.6. The summed E-state index contributed by atoms with van der Waals surface area (Å²) in [7, 11) is 2.16. The lowest BCUT2D eigenvalue weighted by atomic mass is 10.1. The van der Waals surface area contributed by atoms with Crippen molar-refractivity contribution in [3.8, 4) is 10.8 Å². The van der Waals surface area contributed by atoms with E-state index in [0.29, 0.717) is 5.76 Å². The lowest BCUT2D eigenvalue weighted by Crippen LogP contribution is -2.43. The first-order chi connectivity index (χ1) is 15.1. The number of anilines is 1. The van der Waals surface area contributed by atoms with Crippen molar-refractivity contribution in [2.45, 2.75) is 6.54 Å². The lowest BCUT2D eigenvalue weighted by Gasteiger charge is -2.32. The van der Waals surface area contributed by atoms with Crippen LogP contribution < -0.4 is 5.32 Å². The van der Waals surface area contributed by atoms with E-state index in [4.69, 9.17) is 4.42 Å². The number of nitrogens with one attached hydrogen (secondary N) is 1. The summed E-state index contributed by atoms with van der Waals surface area (Å²) in [5, 5.41) is 3.69. The molecule has 1 N–H and O–H groups in total. The third-order valence-corrected chi connectivity index (χ3v) is 6.60. The molecule has 0 bridgehead atoms. The Kier molecular flexibility index (Phi) is 5.55. The average Bonchev–Trinajstić information content (AvgIpc) is 3.44. The monoisotopic (exact) mass is 432 g/mol. The molecule has 0 saturated carbocycles. The fourth-order valence-electron chi connectivity index (χ4n) is 3.70. The SMILES string of the molecule is CN1CCN(Cc2ccc(NC(=O)c3ccc(-c4nc5ccccc5s4)o3)cc2)CC1. The summed E-state index contributed by atoms with van der Waals surface area (Å²) in [5.74, 6) is 0.615. The smallest absolute Gasteiger partial charge is 0.291 e. The van der Waals surface area contributed by atoms with Crippen molar-refractivity contribution in [1.82, 2.24) is 14.8 Å². The first-order valence-corrected chi connectivity index (χ1v) is 11.2. The molecule has 7 heteroatoms. The van der Waals surface area contributed by atoms with Crippen molar-refractivity contribution in [1.29, 1.82) is 0 Å². The summed E-state index contributed by atoms with van der Waals surface area (Å²) in [5.41, 5.74) is 2.94. The number of aromatic nitrogens is 1. The molecular formula is C24H24N4O2S. The van der Waals surface area contributed by atoms with Crippen molar-refractivity contribution >= 4 is 33.1 Å². The molecule has 0 aliphatic carbocycles. The van der Waals surface area contributed by atoms with E-state index in [1.54, 1.807) is 23.5 Å². The van der Waals surface area contributed by atoms with Crippen LogP contribution in [0.5, 0.6) is 0 Å². The number of furan rings is 1. The number of para-hydroxylation sites is 1. The number of nitrogens with zero attached hydrogens (tertiary/aromatic N) is 3. The Labute approximate surface area is 185 Å². The fraction of sp³-hybridized carbons (Fsp3) is 0.250. The Hall–Kier alpha value is -3.00. The van der Waals surface area contributed by atoms with Gasteiger partial charge in [-0.3, -0.25) is 9.69 Å². The predicted octanol–water partition coefficient (Wildman–Crippen LogP) is 4.56. The Morgan fingerprint density at radius 2 is 1.81 bits per heavy atom. The molecule has 6 nitrogen and oxygen atoms in total. The van der Waals surface area contributed by atoms with E-state index in [0.717, 1.165) is 53.6 Å². The van der Waals surface area contributed by atoms with Crippen molar-refractivity contribution in [3.05, 3.63) is 72.0 Å². The highest BCUT2D eigenvalue weighted by Crippen LogP contribution is 2.31. The number of fused-ring (bicyclic) bond motifs is 1. The molecule has 0 radical (unpaired) electrons. The molecular weight excluding hydrogens is 408 g/mol. The summed E-state index contributed by atoms with van der Waals surface area (Å²) in [6.07, 6.45) is 0. The number of carbonyl (C=O) groups is 1. The molecule has 2 aromatic carbocycles. The van der Waals surface area contributed by atoms with Crippen LogP contribution in [0.15, 0.2) is 65.1 Å². The summed E-state index contributed by atoms with van der Waals surface area (Å²) in [4.78, 5) is 22.0. The van der Waals surface area contributed by atoms with Crippen molar-refractivity contribution < 1.29 is 9.21 Å². The van der Waals surface area contributed by atoms with Gasteiger partial charge in [0, 0.05) is 38.4 Å². The molecule has 5 rings (SSSR count). The van der Waals surface area contributed by atoms with E-state index >= 15 is 0 Å². The minimum atomic E-state index is -0.265. The highest BCUT2D eigenvalue weighted by Gasteiger charge is 2.16. The Balaban J connectivity index is 1.22. The van der Waals surface area contributed by atoms with Crippen LogP contribution in [0.2, 0.25) is 0 Å². The van der Waals surface area contributed by atoms with Crippen LogP contribution in [0.3, 0.4) is 0 Å². The maximum Gasteiger partial charge on any atom is 0.291 e. The third-order valence-electron chi connectivity index (χ3n) is 5.55. The van der Waals surface area contributed by atoms with Gasteiger partial charge in [0.15, 0.2) is 16.5 Å². The van der Waals surface area contributed by atoms with Gasteiger partial charge in [-0.15, -0.1) is 11.3 Å². The van der Waals surface area contributed by atoms with Crippen LogP contribution in [-0.4, -0.2) is 53.9 Å². The molecule has 0 spiro atoms. The number of piperazine rings is 1. The van der Waals surface area contributed by atoms with Gasteiger partial charge in [-0.25, -0.2) is 4.98 Å². The molecule has 1 amide bonds. The molecule has 0 unspecified atom stereocenters. The van der Waals surface area contributed by atoms with Gasteiger partial charge < -0.3 is 14.6 Å². The molecule has 0 atom stereocenters. The van der Waals surface area contributed by atoms with E-state index in [2.05, 4.69) is 39.3 Å². The Morgan fingerprint density at radius 1 is 1.03 bits per heavy atom. The van der Waals surface area contributed by atoms with Crippen molar-refractivity contribution in [3.63, 3.8) is 0 Å². The van der Waals surface area contributed by atoms with Crippen LogP contribution in [-0.2, 0) is 6.54 Å². The van der Waals surface area contributed by atoms with E-state index in [1.165, 1.54) is 5.56 Å². The molecule has 158 valence electrons. The average molecular weight is 433 g/mol. The van der Waals surface area contributed by atoms with Gasteiger partial charge in [0.25, 0.3) is 5.91 Å². The number of hydrogen-bond acceptors (Lipinski definition) is 6. The number of thiazole rings is 1. The first kappa shape index (κ1) is 19.9. The molecule has 4 aromatic rings. The topological polar surface area (TPSA) is 61.6 Å². The number of likely N-dealkylation sites (N-methyl/N-ethyl adjacent to an activating group) is 1. The Bertz CT molecular complexity index is 1160. The van der Waals surface area contributed by atoms with Gasteiger partial charge in [-0.2, -0.15) is 0 Å². The zero-order chi connectivity index (χ0) is 21.2. The van der Waals surface area contributed by atoms with E-state index < -0.39 is 0 Å². The van der Waals surface area contributed by atoms with Crippen LogP contribution in [0, 0.1) is 0 Å². The fourth-order valence-corrected chi connectivity index (χ4v) is 4.63. The largest absolute Gasteiger partial charge is 0.448 e. The third kappa shape index (κ3) is 4.54. The lowest BCUT2D eigenvalue weighted by molar-refractivity contribution is 0.0997. The molecule has 1 aliphatic heterocycles. The van der Waals surface area contributed by atoms with Crippen molar-refractivity contribution in [2.24, 2.45) is 0 Å². The van der Waals surface area contributed by atoms with Crippen LogP contribution in [0.25, 0.3) is 21.0 Å². The normalized spacial score (nSPS) is 15.4. The molecule has 1 fully saturated rings. The van der Waals surface area contributed by atoms with Crippen LogP contribution in [0.1, 0.15) is 16.1 Å². The van der Waals surface area contributed by atoms with E-state index in [9.17, 15) is 4.79 Å². The van der Waals surface area contributed by atoms with Gasteiger partial charge in [0.2, 0.25) is 0 Å². The van der Waals surface area contributed by atoms with Gasteiger partial charge in [-0.1, -0.05) is 24.3 Å². The molecule has 1 saturated heterocycles. The van der Waals surface area contributed by atoms with E-state index in [-0.39, 0.29) is 11.7 Å². The minimum absolute atomic E-state index is 0.265. The van der Waals surface area contributed by atoms with Crippen LogP contribution in [0.4, 0.5) is 5.69 Å². The quantitative estimate of drug-likeness (QED) is 0.501. The zero-order valence-corrected chi connectivity index (χ0v) is 18.2. The van der Waals surface area contributed by atoms with Gasteiger partial charge in [0.05, 0.1) is 10.2 Å². The molecule has 2 aromatic heterocycles. The zero-order valence-electron chi connectivity index (χ0n) is 17.4. The second-order valence-electron chi connectivity index (χ2n) is 7.88. The second kappa shape index (κ2) is 8.63. The van der Waals surface area contributed by atoms with Gasteiger partial charge in [-0.05, 0) is 49.0 Å². The van der Waals surface area contributed by atoms with Gasteiger partial charge >= 0.3 is 0 Å². The highest BCUT2D eigenvalue weighted by molar-refractivity contribution is 7.21. The first-order valence-electron chi connectivity index (χ1n) is 10.4. The minimum Gasteiger partial charge on any atom is -0.448 e. The summed E-state index contributed by atoms with van der Waals surface area (Å²) >= 11 is 1.55. The van der Waals surface area contributed by atoms with E-state index in [1.807, 2.05) is 36.4 Å². The summed E-state index contributed by atoms with van der Waals surface area (Å²) in [6, 6.07) is 19.5. The predicted molar refractivity (Wildman–Crippen MR) is 124 cm³/mol. The van der Waals surface area contributed by atoms with Gasteiger partial charge in [0.1, 0.15) is 0 Å². The molecule has 1 aliphatic rings. The maximum atomic E-state index is 12.6. The summed E-state index contributed by atoms with van der Waals surface area (Å²) in [6.45, 7) is 5.33. The molecule has 3 heterocycles. The standard InChI is InChI=1S/C24H24N4O2S/c1-27-12-14-28(15-13-27)16-17-6-8-18(9-7-17)25-23(29)20-10-11-21(30-20)24-26-19-4-2-3-5-22(19)31-24/h2-11H,12-16H2,1H3,(H,25,29). The Morgan fingerprint density at radius 3 is 2.58 bits per heavy atom. The number of amides is 1. The molecule has 31 heavy (non-hydrogen) atoms.